The van der Waals surface area contributed by atoms with Crippen molar-refractivity contribution in [1.82, 2.24) is 4.57 Å². The monoisotopic (exact) mass is 880 g/mol. The van der Waals surface area contributed by atoms with Crippen LogP contribution in [0.15, 0.2) is 271 Å². The zero-order valence-corrected chi connectivity index (χ0v) is 37.7. The minimum atomic E-state index is 0.901. The normalized spacial score (nSPS) is 11.5. The molecule has 0 radical (unpaired) electrons. The van der Waals surface area contributed by atoms with E-state index in [1.807, 2.05) is 12.1 Å². The van der Waals surface area contributed by atoms with Gasteiger partial charge in [0.25, 0.3) is 0 Å². The molecule has 69 heavy (non-hydrogen) atoms. The zero-order chi connectivity index (χ0) is 45.7. The number of para-hydroxylation sites is 7. The third-order valence-electron chi connectivity index (χ3n) is 13.6. The maximum atomic E-state index is 6.48. The summed E-state index contributed by atoms with van der Waals surface area (Å²) in [6, 6.07) is 96.2. The second-order valence-corrected chi connectivity index (χ2v) is 17.6. The van der Waals surface area contributed by atoms with Crippen LogP contribution in [0.3, 0.4) is 0 Å². The lowest BCUT2D eigenvalue weighted by Gasteiger charge is -2.30. The van der Waals surface area contributed by atoms with Gasteiger partial charge in [0.05, 0.1) is 28.1 Å². The molecule has 0 atom stereocenters. The highest BCUT2D eigenvalue weighted by molar-refractivity contribution is 6.11. The van der Waals surface area contributed by atoms with Crippen molar-refractivity contribution in [2.75, 3.05) is 4.90 Å². The van der Waals surface area contributed by atoms with Gasteiger partial charge in [0, 0.05) is 49.5 Å². The van der Waals surface area contributed by atoms with E-state index in [9.17, 15) is 0 Å². The third-order valence-corrected chi connectivity index (χ3v) is 13.6. The second kappa shape index (κ2) is 16.9. The number of hydrogen-bond acceptors (Lipinski definition) is 2. The molecule has 13 aromatic rings. The predicted molar refractivity (Wildman–Crippen MR) is 290 cm³/mol. The van der Waals surface area contributed by atoms with Gasteiger partial charge in [0.15, 0.2) is 0 Å². The van der Waals surface area contributed by atoms with Crippen LogP contribution in [0, 0.1) is 0 Å². The molecule has 13 rings (SSSR count). The van der Waals surface area contributed by atoms with E-state index >= 15 is 0 Å². The fourth-order valence-corrected chi connectivity index (χ4v) is 10.4. The van der Waals surface area contributed by atoms with Crippen molar-refractivity contribution in [3.8, 4) is 61.3 Å². The topological polar surface area (TPSA) is 21.3 Å². The molecule has 2 heterocycles. The first-order chi connectivity index (χ1) is 34.2. The van der Waals surface area contributed by atoms with Gasteiger partial charge in [-0.15, -0.1) is 0 Å². The summed E-state index contributed by atoms with van der Waals surface area (Å²) < 4.78 is 8.91. The van der Waals surface area contributed by atoms with Crippen LogP contribution in [-0.4, -0.2) is 4.57 Å². The molecule has 0 saturated carbocycles. The quantitative estimate of drug-likeness (QED) is 0.144. The standard InChI is InChI=1S/C66H44N2O/c1-2-19-45(20-3-1)47-21-16-23-49(43-47)52-25-4-10-33-60(52)67(51-41-39-46(40-42-51)48-22-17-24-50(44-48)53-31-18-32-59-58-30-9-15-38-65(58)69-66(53)59)61-34-11-5-26-54(61)55-27-6-12-35-62(55)68-63-36-13-7-28-56(63)57-29-8-14-37-64(57)68/h1-44H. The SMILES string of the molecule is c1ccc(-c2cccc(-c3ccccc3N(c3ccc(-c4cccc(-c5cccc6c5oc5ccccc56)c4)cc3)c3ccccc3-c3ccccc3-n3c4ccccc4c4ccccc43)c2)cc1. The Bertz CT molecular complexity index is 3970. The average Bonchev–Trinajstić information content (AvgIpc) is 3.98. The van der Waals surface area contributed by atoms with Crippen molar-refractivity contribution in [1.29, 1.82) is 0 Å². The number of benzene rings is 11. The molecule has 0 spiro atoms. The summed E-state index contributed by atoms with van der Waals surface area (Å²) in [6.07, 6.45) is 0. The molecular formula is C66H44N2O. The molecule has 3 nitrogen and oxygen atoms in total. The first-order valence-corrected chi connectivity index (χ1v) is 23.6. The molecule has 0 aliphatic heterocycles. The van der Waals surface area contributed by atoms with Crippen molar-refractivity contribution in [2.24, 2.45) is 0 Å². The van der Waals surface area contributed by atoms with E-state index in [1.165, 1.54) is 32.9 Å². The molecule has 11 aromatic carbocycles. The summed E-state index contributed by atoms with van der Waals surface area (Å²) in [5.74, 6) is 0. The number of anilines is 3. The first kappa shape index (κ1) is 40.1. The van der Waals surface area contributed by atoms with Crippen molar-refractivity contribution in [3.05, 3.63) is 267 Å². The lowest BCUT2D eigenvalue weighted by Crippen LogP contribution is -2.13. The molecule has 0 aliphatic rings. The molecule has 0 fully saturated rings. The van der Waals surface area contributed by atoms with E-state index in [4.69, 9.17) is 4.42 Å². The minimum Gasteiger partial charge on any atom is -0.455 e. The van der Waals surface area contributed by atoms with Gasteiger partial charge in [-0.05, 0) is 94.0 Å². The van der Waals surface area contributed by atoms with Gasteiger partial charge in [0.1, 0.15) is 11.2 Å². The zero-order valence-electron chi connectivity index (χ0n) is 37.7. The first-order valence-electron chi connectivity index (χ1n) is 23.6. The summed E-state index contributed by atoms with van der Waals surface area (Å²) >= 11 is 0. The van der Waals surface area contributed by atoms with Crippen molar-refractivity contribution >= 4 is 60.8 Å². The van der Waals surface area contributed by atoms with Crippen LogP contribution in [0.4, 0.5) is 17.1 Å². The molecular weight excluding hydrogens is 837 g/mol. The van der Waals surface area contributed by atoms with Crippen LogP contribution < -0.4 is 4.90 Å². The lowest BCUT2D eigenvalue weighted by molar-refractivity contribution is 0.670. The van der Waals surface area contributed by atoms with E-state index in [0.29, 0.717) is 0 Å². The number of nitrogens with zero attached hydrogens (tertiary/aromatic N) is 2. The summed E-state index contributed by atoms with van der Waals surface area (Å²) in [5, 5.41) is 4.74. The van der Waals surface area contributed by atoms with Gasteiger partial charge in [-0.2, -0.15) is 0 Å². The Hall–Kier alpha value is -9.18. The molecule has 0 unspecified atom stereocenters. The van der Waals surface area contributed by atoms with E-state index in [0.717, 1.165) is 89.2 Å². The molecule has 0 aliphatic carbocycles. The molecule has 0 bridgehead atoms. The Labute approximate surface area is 401 Å². The number of rotatable bonds is 9. The molecule has 2 aromatic heterocycles. The van der Waals surface area contributed by atoms with E-state index in [-0.39, 0.29) is 0 Å². The van der Waals surface area contributed by atoms with Crippen molar-refractivity contribution < 1.29 is 4.42 Å². The van der Waals surface area contributed by atoms with E-state index in [2.05, 4.69) is 264 Å². The van der Waals surface area contributed by atoms with Crippen LogP contribution >= 0.6 is 0 Å². The van der Waals surface area contributed by atoms with Crippen molar-refractivity contribution in [3.63, 3.8) is 0 Å². The Morgan fingerprint density at radius 2 is 0.754 bits per heavy atom. The van der Waals surface area contributed by atoms with Crippen LogP contribution in [0.2, 0.25) is 0 Å². The fourth-order valence-electron chi connectivity index (χ4n) is 10.4. The van der Waals surface area contributed by atoms with Crippen LogP contribution in [-0.2, 0) is 0 Å². The number of hydrogen-bond donors (Lipinski definition) is 0. The van der Waals surface area contributed by atoms with Crippen LogP contribution in [0.1, 0.15) is 0 Å². The Morgan fingerprint density at radius 1 is 0.290 bits per heavy atom. The average molecular weight is 881 g/mol. The molecule has 0 N–H and O–H groups in total. The Morgan fingerprint density at radius 3 is 1.46 bits per heavy atom. The molecule has 3 heteroatoms. The van der Waals surface area contributed by atoms with E-state index in [1.54, 1.807) is 0 Å². The second-order valence-electron chi connectivity index (χ2n) is 17.6. The highest BCUT2D eigenvalue weighted by Crippen LogP contribution is 2.47. The summed E-state index contributed by atoms with van der Waals surface area (Å²) in [6.45, 7) is 0. The maximum Gasteiger partial charge on any atom is 0.143 e. The molecule has 0 saturated heterocycles. The number of fused-ring (bicyclic) bond motifs is 6. The smallest absolute Gasteiger partial charge is 0.143 e. The van der Waals surface area contributed by atoms with Gasteiger partial charge in [-0.25, -0.2) is 0 Å². The van der Waals surface area contributed by atoms with Gasteiger partial charge in [-0.3, -0.25) is 0 Å². The van der Waals surface area contributed by atoms with Crippen molar-refractivity contribution in [2.45, 2.75) is 0 Å². The fraction of sp³-hybridized carbons (Fsp3) is 0. The van der Waals surface area contributed by atoms with Crippen LogP contribution in [0.25, 0.3) is 105 Å². The third kappa shape index (κ3) is 6.99. The summed E-state index contributed by atoms with van der Waals surface area (Å²) in [5.41, 5.74) is 19.9. The Balaban J connectivity index is 0.976. The Kier molecular flexibility index (Phi) is 9.84. The van der Waals surface area contributed by atoms with Crippen LogP contribution in [0.5, 0.6) is 0 Å². The lowest BCUT2D eigenvalue weighted by atomic mass is 9.95. The van der Waals surface area contributed by atoms with Gasteiger partial charge >= 0.3 is 0 Å². The van der Waals surface area contributed by atoms with Gasteiger partial charge in [0.2, 0.25) is 0 Å². The highest BCUT2D eigenvalue weighted by atomic mass is 16.3. The minimum absolute atomic E-state index is 0.901. The highest BCUT2D eigenvalue weighted by Gasteiger charge is 2.23. The van der Waals surface area contributed by atoms with Gasteiger partial charge in [-0.1, -0.05) is 206 Å². The largest absolute Gasteiger partial charge is 0.455 e. The number of furan rings is 1. The van der Waals surface area contributed by atoms with Gasteiger partial charge < -0.3 is 13.9 Å². The number of aromatic nitrogens is 1. The summed E-state index contributed by atoms with van der Waals surface area (Å²) in [4.78, 5) is 2.45. The molecule has 0 amide bonds. The predicted octanol–water partition coefficient (Wildman–Crippen LogP) is 18.5. The summed E-state index contributed by atoms with van der Waals surface area (Å²) in [7, 11) is 0. The van der Waals surface area contributed by atoms with E-state index < -0.39 is 0 Å². The molecule has 324 valence electrons. The maximum absolute atomic E-state index is 6.48.